The maximum absolute atomic E-state index is 9.58. The Labute approximate surface area is 152 Å². The molecule has 0 atom stereocenters. The number of aromatic hydroxyl groups is 2. The van der Waals surface area contributed by atoms with Crippen LogP contribution < -0.4 is 0 Å². The molecule has 0 aromatic heterocycles. The zero-order valence-corrected chi connectivity index (χ0v) is 14.0. The van der Waals surface area contributed by atoms with Crippen LogP contribution in [0.15, 0.2) is 84.9 Å². The van der Waals surface area contributed by atoms with Crippen LogP contribution in [0.5, 0.6) is 11.5 Å². The Bertz CT molecular complexity index is 945. The van der Waals surface area contributed by atoms with E-state index in [0.29, 0.717) is 0 Å². The van der Waals surface area contributed by atoms with Gasteiger partial charge in [0.25, 0.3) is 0 Å². The molecular formula is C24H16O2. The van der Waals surface area contributed by atoms with E-state index in [4.69, 9.17) is 0 Å². The lowest BCUT2D eigenvalue weighted by Gasteiger charge is -2.14. The summed E-state index contributed by atoms with van der Waals surface area (Å²) in [6.07, 6.45) is 0. The Balaban J connectivity index is 1.90. The first-order valence-electron chi connectivity index (χ1n) is 8.33. The van der Waals surface area contributed by atoms with Crippen LogP contribution in [-0.4, -0.2) is 10.2 Å². The van der Waals surface area contributed by atoms with Crippen molar-refractivity contribution in [2.75, 3.05) is 0 Å². The van der Waals surface area contributed by atoms with Gasteiger partial charge in [0.1, 0.15) is 5.75 Å². The molecule has 0 saturated heterocycles. The first-order valence-corrected chi connectivity index (χ1v) is 8.33. The van der Waals surface area contributed by atoms with Crippen molar-refractivity contribution in [3.63, 3.8) is 0 Å². The van der Waals surface area contributed by atoms with Gasteiger partial charge < -0.3 is 10.2 Å². The van der Waals surface area contributed by atoms with Crippen molar-refractivity contribution < 1.29 is 10.2 Å². The Kier molecular flexibility index (Phi) is 4.05. The van der Waals surface area contributed by atoms with Crippen LogP contribution in [0, 0.1) is 12.1 Å². The molecule has 0 fully saturated rings. The number of phenolic OH excluding ortho intramolecular Hbond substituents is 1. The summed E-state index contributed by atoms with van der Waals surface area (Å²) < 4.78 is 0. The molecule has 2 heteroatoms. The van der Waals surface area contributed by atoms with Gasteiger partial charge in [-0.1, -0.05) is 66.7 Å². The first-order chi connectivity index (χ1) is 12.7. The molecule has 0 aliphatic carbocycles. The van der Waals surface area contributed by atoms with Gasteiger partial charge >= 0.3 is 0 Å². The average molecular weight is 336 g/mol. The first kappa shape index (κ1) is 15.8. The lowest BCUT2D eigenvalue weighted by atomic mass is 9.90. The summed E-state index contributed by atoms with van der Waals surface area (Å²) in [5, 5.41) is 19.1. The number of hydrogen-bond donors (Lipinski definition) is 2. The van der Waals surface area contributed by atoms with E-state index in [1.54, 1.807) is 18.2 Å². The summed E-state index contributed by atoms with van der Waals surface area (Å²) in [4.78, 5) is 0. The van der Waals surface area contributed by atoms with Crippen LogP contribution in [0.2, 0.25) is 0 Å². The largest absolute Gasteiger partial charge is 0.508 e. The quantitative estimate of drug-likeness (QED) is 0.504. The molecular weight excluding hydrogens is 320 g/mol. The van der Waals surface area contributed by atoms with E-state index < -0.39 is 0 Å². The maximum atomic E-state index is 9.58. The van der Waals surface area contributed by atoms with E-state index in [1.165, 1.54) is 0 Å². The summed E-state index contributed by atoms with van der Waals surface area (Å²) in [7, 11) is 0. The van der Waals surface area contributed by atoms with Gasteiger partial charge in [0.05, 0.1) is 0 Å². The smallest absolute Gasteiger partial charge is 0.167 e. The van der Waals surface area contributed by atoms with E-state index in [-0.39, 0.29) is 11.5 Å². The zero-order valence-electron chi connectivity index (χ0n) is 14.0. The van der Waals surface area contributed by atoms with Gasteiger partial charge in [0.2, 0.25) is 0 Å². The molecule has 26 heavy (non-hydrogen) atoms. The standard InChI is InChI=1S/C24H16O2/c25-19-13-9-17(10-14-19)21-5-1-3-7-23(21)24-8-4-2-6-22(24)18-11-15-20(26)16-12-18/h1-11,13-15,25-26H. The van der Waals surface area contributed by atoms with Gasteiger partial charge in [-0.3, -0.25) is 0 Å². The number of hydrogen-bond acceptors (Lipinski definition) is 2. The molecule has 0 spiro atoms. The van der Waals surface area contributed by atoms with E-state index in [9.17, 15) is 10.2 Å². The minimum absolute atomic E-state index is 0.0794. The predicted molar refractivity (Wildman–Crippen MR) is 104 cm³/mol. The van der Waals surface area contributed by atoms with Gasteiger partial charge in [0, 0.05) is 5.56 Å². The van der Waals surface area contributed by atoms with Gasteiger partial charge in [-0.2, -0.15) is 0 Å². The molecule has 0 amide bonds. The third kappa shape index (κ3) is 2.99. The fraction of sp³-hybridized carbons (Fsp3) is 0. The normalized spacial score (nSPS) is 10.3. The van der Waals surface area contributed by atoms with Crippen LogP contribution in [0.4, 0.5) is 0 Å². The molecule has 0 bridgehead atoms. The van der Waals surface area contributed by atoms with Crippen molar-refractivity contribution in [2.45, 2.75) is 0 Å². The molecule has 0 unspecified atom stereocenters. The molecule has 2 N–H and O–H groups in total. The fourth-order valence-electron chi connectivity index (χ4n) is 3.10. The summed E-state index contributed by atoms with van der Waals surface area (Å²) in [6.45, 7) is 0. The minimum atomic E-state index is 0.0794. The topological polar surface area (TPSA) is 40.5 Å². The number of phenols is 1. The predicted octanol–water partition coefficient (Wildman–Crippen LogP) is 5.70. The van der Waals surface area contributed by atoms with Gasteiger partial charge in [0.15, 0.2) is 5.75 Å². The highest BCUT2D eigenvalue weighted by Gasteiger charge is 2.12. The second kappa shape index (κ2) is 6.66. The Morgan fingerprint density at radius 2 is 1.08 bits per heavy atom. The average Bonchev–Trinajstić information content (AvgIpc) is 2.69. The summed E-state index contributed by atoms with van der Waals surface area (Å²) in [5.74, 6) is 0.330. The molecule has 0 aliphatic heterocycles. The second-order valence-electron chi connectivity index (χ2n) is 6.02. The highest BCUT2D eigenvalue weighted by Crippen LogP contribution is 2.37. The van der Waals surface area contributed by atoms with E-state index in [0.717, 1.165) is 33.4 Å². The molecule has 0 radical (unpaired) electrons. The third-order valence-electron chi connectivity index (χ3n) is 4.35. The van der Waals surface area contributed by atoms with E-state index in [1.807, 2.05) is 48.5 Å². The van der Waals surface area contributed by atoms with Crippen LogP contribution in [0.3, 0.4) is 0 Å². The molecule has 4 aromatic rings. The van der Waals surface area contributed by atoms with Crippen molar-refractivity contribution in [1.82, 2.24) is 0 Å². The molecule has 0 heterocycles. The maximum Gasteiger partial charge on any atom is 0.167 e. The monoisotopic (exact) mass is 336 g/mol. The van der Waals surface area contributed by atoms with Crippen molar-refractivity contribution in [3.8, 4) is 44.9 Å². The van der Waals surface area contributed by atoms with Crippen molar-refractivity contribution >= 4 is 0 Å². The Morgan fingerprint density at radius 3 is 1.69 bits per heavy atom. The second-order valence-corrected chi connectivity index (χ2v) is 6.02. The van der Waals surface area contributed by atoms with Crippen LogP contribution in [-0.2, 0) is 0 Å². The molecule has 4 rings (SSSR count). The van der Waals surface area contributed by atoms with Gasteiger partial charge in [-0.15, -0.1) is 0 Å². The van der Waals surface area contributed by atoms with Crippen molar-refractivity contribution in [2.24, 2.45) is 0 Å². The Hall–Kier alpha value is -3.70. The third-order valence-corrected chi connectivity index (χ3v) is 4.35. The molecule has 2 nitrogen and oxygen atoms in total. The molecule has 0 aliphatic rings. The lowest BCUT2D eigenvalue weighted by Crippen LogP contribution is -1.88. The minimum Gasteiger partial charge on any atom is -0.508 e. The fourth-order valence-corrected chi connectivity index (χ4v) is 3.10. The molecule has 4 aromatic carbocycles. The Morgan fingerprint density at radius 1 is 0.500 bits per heavy atom. The lowest BCUT2D eigenvalue weighted by molar-refractivity contribution is 0.475. The number of benzene rings is 3. The summed E-state index contributed by atoms with van der Waals surface area (Å²) in [5.41, 5.74) is 6.19. The van der Waals surface area contributed by atoms with Crippen LogP contribution >= 0.6 is 0 Å². The van der Waals surface area contributed by atoms with Crippen molar-refractivity contribution in [3.05, 3.63) is 97.1 Å². The zero-order chi connectivity index (χ0) is 17.9. The number of rotatable bonds is 3. The van der Waals surface area contributed by atoms with Crippen LogP contribution in [0.1, 0.15) is 0 Å². The molecule has 124 valence electrons. The van der Waals surface area contributed by atoms with Gasteiger partial charge in [-0.25, -0.2) is 0 Å². The van der Waals surface area contributed by atoms with Gasteiger partial charge in [-0.05, 0) is 58.1 Å². The summed E-state index contributed by atoms with van der Waals surface area (Å²) >= 11 is 0. The SMILES string of the molecule is Oc1c#cc(-c2ccccc2-c2ccccc2-c2ccc(O)cc2)cc1. The van der Waals surface area contributed by atoms with Crippen molar-refractivity contribution in [1.29, 1.82) is 0 Å². The summed E-state index contributed by atoms with van der Waals surface area (Å²) in [6, 6.07) is 32.7. The highest BCUT2D eigenvalue weighted by atomic mass is 16.3. The highest BCUT2D eigenvalue weighted by molar-refractivity contribution is 5.91. The van der Waals surface area contributed by atoms with E-state index in [2.05, 4.69) is 30.3 Å². The van der Waals surface area contributed by atoms with Crippen LogP contribution in [0.25, 0.3) is 33.4 Å². The molecule has 0 saturated carbocycles. The van der Waals surface area contributed by atoms with E-state index >= 15 is 0 Å².